The second kappa shape index (κ2) is 4.81. The van der Waals surface area contributed by atoms with E-state index in [-0.39, 0.29) is 0 Å². The first-order chi connectivity index (χ1) is 8.34. The van der Waals surface area contributed by atoms with Crippen molar-refractivity contribution in [3.63, 3.8) is 0 Å². The van der Waals surface area contributed by atoms with Crippen LogP contribution in [-0.2, 0) is 6.42 Å². The van der Waals surface area contributed by atoms with Gasteiger partial charge in [0.2, 0.25) is 0 Å². The number of benzene rings is 1. The molecule has 0 bridgehead atoms. The minimum Gasteiger partial charge on any atom is -0.300 e. The van der Waals surface area contributed by atoms with Gasteiger partial charge < -0.3 is 0 Å². The highest BCUT2D eigenvalue weighted by Gasteiger charge is 2.40. The first-order valence-electron chi connectivity index (χ1n) is 7.13. The molecule has 2 atom stereocenters. The molecule has 1 heteroatoms. The fourth-order valence-corrected chi connectivity index (χ4v) is 3.63. The summed E-state index contributed by atoms with van der Waals surface area (Å²) in [6.07, 6.45) is 7.02. The Morgan fingerprint density at radius 1 is 1.24 bits per heavy atom. The van der Waals surface area contributed by atoms with Gasteiger partial charge in [-0.05, 0) is 56.2 Å². The number of likely N-dealkylation sites (tertiary alicyclic amines) is 1. The zero-order valence-electron chi connectivity index (χ0n) is 10.9. The van der Waals surface area contributed by atoms with E-state index in [0.717, 1.165) is 12.0 Å². The molecule has 0 N–H and O–H groups in total. The topological polar surface area (TPSA) is 3.24 Å². The predicted molar refractivity (Wildman–Crippen MR) is 72.2 cm³/mol. The second-order valence-electron chi connectivity index (χ2n) is 5.78. The van der Waals surface area contributed by atoms with Crippen LogP contribution in [0.25, 0.3) is 0 Å². The highest BCUT2D eigenvalue weighted by molar-refractivity contribution is 5.25. The van der Waals surface area contributed by atoms with Crippen molar-refractivity contribution in [2.75, 3.05) is 13.1 Å². The van der Waals surface area contributed by atoms with Crippen molar-refractivity contribution in [3.05, 3.63) is 35.4 Å². The van der Waals surface area contributed by atoms with Gasteiger partial charge in [-0.1, -0.05) is 30.7 Å². The number of hydrogen-bond donors (Lipinski definition) is 0. The summed E-state index contributed by atoms with van der Waals surface area (Å²) in [6.45, 7) is 4.93. The molecule has 1 aromatic carbocycles. The molecule has 1 aliphatic carbocycles. The van der Waals surface area contributed by atoms with Crippen LogP contribution in [0.2, 0.25) is 0 Å². The molecule has 1 nitrogen and oxygen atoms in total. The highest BCUT2D eigenvalue weighted by Crippen LogP contribution is 2.38. The van der Waals surface area contributed by atoms with Crippen LogP contribution in [0.5, 0.6) is 0 Å². The fraction of sp³-hybridized carbons (Fsp3) is 0.625. The van der Waals surface area contributed by atoms with Gasteiger partial charge in [0.15, 0.2) is 0 Å². The SMILES string of the molecule is Cc1ccccc1CCCN1C[C@H]2CCC[C@@H]21. The molecule has 1 aromatic rings. The second-order valence-corrected chi connectivity index (χ2v) is 5.78. The monoisotopic (exact) mass is 229 g/mol. The molecule has 1 saturated heterocycles. The molecular weight excluding hydrogens is 206 g/mol. The van der Waals surface area contributed by atoms with E-state index in [9.17, 15) is 0 Å². The van der Waals surface area contributed by atoms with Crippen molar-refractivity contribution in [1.82, 2.24) is 4.90 Å². The Morgan fingerprint density at radius 3 is 2.94 bits per heavy atom. The van der Waals surface area contributed by atoms with Gasteiger partial charge in [-0.15, -0.1) is 0 Å². The van der Waals surface area contributed by atoms with Crippen molar-refractivity contribution in [2.45, 2.75) is 45.1 Å². The van der Waals surface area contributed by atoms with Gasteiger partial charge in [-0.2, -0.15) is 0 Å². The van der Waals surface area contributed by atoms with Crippen LogP contribution in [0.1, 0.15) is 36.8 Å². The largest absolute Gasteiger partial charge is 0.300 e. The number of rotatable bonds is 4. The van der Waals surface area contributed by atoms with Crippen LogP contribution in [0.15, 0.2) is 24.3 Å². The van der Waals surface area contributed by atoms with Gasteiger partial charge in [-0.3, -0.25) is 4.90 Å². The Morgan fingerprint density at radius 2 is 2.12 bits per heavy atom. The summed E-state index contributed by atoms with van der Waals surface area (Å²) in [6, 6.07) is 9.78. The van der Waals surface area contributed by atoms with Crippen molar-refractivity contribution in [3.8, 4) is 0 Å². The van der Waals surface area contributed by atoms with Crippen molar-refractivity contribution in [1.29, 1.82) is 0 Å². The Hall–Kier alpha value is -0.820. The van der Waals surface area contributed by atoms with Crippen molar-refractivity contribution in [2.24, 2.45) is 5.92 Å². The molecule has 1 aliphatic heterocycles. The van der Waals surface area contributed by atoms with E-state index in [1.54, 1.807) is 0 Å². The minimum absolute atomic E-state index is 0.965. The summed E-state index contributed by atoms with van der Waals surface area (Å²) in [5, 5.41) is 0. The van der Waals surface area contributed by atoms with Gasteiger partial charge in [0.1, 0.15) is 0 Å². The van der Waals surface area contributed by atoms with Gasteiger partial charge in [0.25, 0.3) is 0 Å². The minimum atomic E-state index is 0.965. The molecule has 0 aromatic heterocycles. The maximum Gasteiger partial charge on any atom is 0.0136 e. The van der Waals surface area contributed by atoms with Gasteiger partial charge in [0, 0.05) is 12.6 Å². The fourth-order valence-electron chi connectivity index (χ4n) is 3.63. The number of aryl methyl sites for hydroxylation is 2. The quantitative estimate of drug-likeness (QED) is 0.764. The molecule has 0 amide bonds. The lowest BCUT2D eigenvalue weighted by Crippen LogP contribution is -2.53. The summed E-state index contributed by atoms with van der Waals surface area (Å²) < 4.78 is 0. The van der Waals surface area contributed by atoms with E-state index < -0.39 is 0 Å². The first-order valence-corrected chi connectivity index (χ1v) is 7.13. The summed E-state index contributed by atoms with van der Waals surface area (Å²) in [4.78, 5) is 2.72. The Bertz CT molecular complexity index is 385. The highest BCUT2D eigenvalue weighted by atomic mass is 15.2. The van der Waals surface area contributed by atoms with Crippen LogP contribution < -0.4 is 0 Å². The third-order valence-corrected chi connectivity index (χ3v) is 4.71. The van der Waals surface area contributed by atoms with E-state index in [1.807, 2.05) is 0 Å². The van der Waals surface area contributed by atoms with Gasteiger partial charge in [0.05, 0.1) is 0 Å². The Labute approximate surface area is 105 Å². The smallest absolute Gasteiger partial charge is 0.0136 e. The molecule has 0 spiro atoms. The third-order valence-electron chi connectivity index (χ3n) is 4.71. The molecule has 3 rings (SSSR count). The average Bonchev–Trinajstić information content (AvgIpc) is 2.68. The molecule has 1 heterocycles. The molecule has 2 aliphatic rings. The summed E-state index contributed by atoms with van der Waals surface area (Å²) in [5.41, 5.74) is 2.99. The number of hydrogen-bond acceptors (Lipinski definition) is 1. The van der Waals surface area contributed by atoms with Crippen LogP contribution in [-0.4, -0.2) is 24.0 Å². The van der Waals surface area contributed by atoms with Crippen molar-refractivity contribution >= 4 is 0 Å². The zero-order chi connectivity index (χ0) is 11.7. The number of fused-ring (bicyclic) bond motifs is 1. The van der Waals surface area contributed by atoms with E-state index in [0.29, 0.717) is 0 Å². The maximum absolute atomic E-state index is 2.72. The van der Waals surface area contributed by atoms with E-state index >= 15 is 0 Å². The average molecular weight is 229 g/mol. The summed E-state index contributed by atoms with van der Waals surface area (Å²) in [5.74, 6) is 1.06. The van der Waals surface area contributed by atoms with Crippen LogP contribution in [0.3, 0.4) is 0 Å². The lowest BCUT2D eigenvalue weighted by Gasteiger charge is -2.44. The molecule has 92 valence electrons. The van der Waals surface area contributed by atoms with Gasteiger partial charge >= 0.3 is 0 Å². The van der Waals surface area contributed by atoms with Crippen LogP contribution in [0.4, 0.5) is 0 Å². The Balaban J connectivity index is 1.45. The maximum atomic E-state index is 2.72. The molecule has 1 saturated carbocycles. The van der Waals surface area contributed by atoms with E-state index in [1.165, 1.54) is 56.3 Å². The molecular formula is C16H23N. The third kappa shape index (κ3) is 2.26. The molecule has 17 heavy (non-hydrogen) atoms. The Kier molecular flexibility index (Phi) is 3.19. The summed E-state index contributed by atoms with van der Waals surface area (Å²) >= 11 is 0. The predicted octanol–water partition coefficient (Wildman–Crippen LogP) is 3.41. The zero-order valence-corrected chi connectivity index (χ0v) is 10.9. The number of nitrogens with zero attached hydrogens (tertiary/aromatic N) is 1. The van der Waals surface area contributed by atoms with Crippen molar-refractivity contribution < 1.29 is 0 Å². The van der Waals surface area contributed by atoms with Crippen LogP contribution >= 0.6 is 0 Å². The standard InChI is InChI=1S/C16H23N/c1-13-6-2-3-7-14(13)9-5-11-17-12-15-8-4-10-16(15)17/h2-3,6-7,15-16H,4-5,8-12H2,1H3/t15-,16+/m1/s1. The van der Waals surface area contributed by atoms with Gasteiger partial charge in [-0.25, -0.2) is 0 Å². The van der Waals surface area contributed by atoms with E-state index in [2.05, 4.69) is 36.1 Å². The molecule has 0 radical (unpaired) electrons. The summed E-state index contributed by atoms with van der Waals surface area (Å²) in [7, 11) is 0. The lowest BCUT2D eigenvalue weighted by molar-refractivity contribution is 0.0376. The normalized spacial score (nSPS) is 27.8. The first kappa shape index (κ1) is 11.3. The van der Waals surface area contributed by atoms with E-state index in [4.69, 9.17) is 0 Å². The molecule has 0 unspecified atom stereocenters. The molecule has 2 fully saturated rings. The van der Waals surface area contributed by atoms with Crippen LogP contribution in [0, 0.1) is 12.8 Å². The lowest BCUT2D eigenvalue weighted by atomic mass is 9.91.